The molecular formula is C20H20N2O3. The lowest BCUT2D eigenvalue weighted by molar-refractivity contribution is -0.146. The number of carbonyl (C=O) groups excluding carboxylic acids is 1. The molecule has 1 amide bonds. The van der Waals surface area contributed by atoms with Gasteiger partial charge in [-0.2, -0.15) is 0 Å². The van der Waals surface area contributed by atoms with Gasteiger partial charge < -0.3 is 15.7 Å². The fraction of sp³-hybridized carbons (Fsp3) is 0.200. The molecule has 5 nitrogen and oxygen atoms in total. The fourth-order valence-electron chi connectivity index (χ4n) is 2.94. The number of rotatable bonds is 5. The highest BCUT2D eigenvalue weighted by atomic mass is 16.4. The number of hydrogen-bond acceptors (Lipinski definition) is 3. The first-order chi connectivity index (χ1) is 12.1. The van der Waals surface area contributed by atoms with Crippen molar-refractivity contribution in [2.75, 3.05) is 10.6 Å². The van der Waals surface area contributed by atoms with Gasteiger partial charge in [0, 0.05) is 17.1 Å². The molecule has 0 bridgehead atoms. The summed E-state index contributed by atoms with van der Waals surface area (Å²) in [6.45, 7) is 0. The molecule has 1 aliphatic carbocycles. The Morgan fingerprint density at radius 2 is 1.36 bits per heavy atom. The van der Waals surface area contributed by atoms with Gasteiger partial charge in [-0.1, -0.05) is 30.4 Å². The van der Waals surface area contributed by atoms with E-state index in [9.17, 15) is 14.7 Å². The number of nitrogens with one attached hydrogen (secondary N) is 2. The Morgan fingerprint density at radius 3 is 2.00 bits per heavy atom. The predicted molar refractivity (Wildman–Crippen MR) is 97.8 cm³/mol. The number of hydrogen-bond donors (Lipinski definition) is 3. The second-order valence-corrected chi connectivity index (χ2v) is 6.05. The molecule has 0 aliphatic heterocycles. The normalized spacial score (nSPS) is 19.2. The highest BCUT2D eigenvalue weighted by molar-refractivity contribution is 5.95. The zero-order valence-corrected chi connectivity index (χ0v) is 13.7. The van der Waals surface area contributed by atoms with E-state index in [1.54, 1.807) is 12.1 Å². The molecule has 0 unspecified atom stereocenters. The van der Waals surface area contributed by atoms with Crippen molar-refractivity contribution in [2.24, 2.45) is 11.8 Å². The zero-order valence-electron chi connectivity index (χ0n) is 13.7. The van der Waals surface area contributed by atoms with Crippen molar-refractivity contribution in [3.05, 3.63) is 66.7 Å². The molecule has 2 aromatic carbocycles. The number of carboxylic acids is 1. The van der Waals surface area contributed by atoms with E-state index in [1.807, 2.05) is 54.6 Å². The van der Waals surface area contributed by atoms with Gasteiger partial charge in [-0.05, 0) is 49.2 Å². The maximum atomic E-state index is 12.4. The van der Waals surface area contributed by atoms with Crippen molar-refractivity contribution in [1.82, 2.24) is 0 Å². The molecule has 128 valence electrons. The van der Waals surface area contributed by atoms with Crippen molar-refractivity contribution in [1.29, 1.82) is 0 Å². The number of allylic oxidation sites excluding steroid dienone is 2. The van der Waals surface area contributed by atoms with Crippen LogP contribution in [0.5, 0.6) is 0 Å². The minimum atomic E-state index is -0.924. The molecule has 0 spiro atoms. The predicted octanol–water partition coefficient (Wildman–Crippen LogP) is 4.04. The van der Waals surface area contributed by atoms with Crippen LogP contribution >= 0.6 is 0 Å². The standard InChI is InChI=1S/C20H20N2O3/c23-19(17-8-4-5-9-18(17)20(24)25)22-16-12-10-15(11-13-16)21-14-6-2-1-3-7-14/h1-7,10-13,17-18,21H,8-9H2,(H,22,23)(H,24,25)/t17-,18-/m1/s1. The third-order valence-corrected chi connectivity index (χ3v) is 4.30. The van der Waals surface area contributed by atoms with E-state index in [0.717, 1.165) is 11.4 Å². The van der Waals surface area contributed by atoms with E-state index in [2.05, 4.69) is 10.6 Å². The average molecular weight is 336 g/mol. The summed E-state index contributed by atoms with van der Waals surface area (Å²) in [5.74, 6) is -2.37. The van der Waals surface area contributed by atoms with Crippen LogP contribution in [0.2, 0.25) is 0 Å². The molecule has 5 heteroatoms. The molecule has 3 N–H and O–H groups in total. The number of carboxylic acid groups (broad SMARTS) is 1. The number of benzene rings is 2. The molecule has 1 aliphatic rings. The zero-order chi connectivity index (χ0) is 17.6. The van der Waals surface area contributed by atoms with Crippen molar-refractivity contribution in [2.45, 2.75) is 12.8 Å². The van der Waals surface area contributed by atoms with Gasteiger partial charge in [-0.15, -0.1) is 0 Å². The quantitative estimate of drug-likeness (QED) is 0.720. The molecule has 25 heavy (non-hydrogen) atoms. The van der Waals surface area contributed by atoms with Gasteiger partial charge in [0.25, 0.3) is 0 Å². The van der Waals surface area contributed by atoms with Crippen LogP contribution < -0.4 is 10.6 Å². The Labute approximate surface area is 146 Å². The van der Waals surface area contributed by atoms with Crippen molar-refractivity contribution < 1.29 is 14.7 Å². The van der Waals surface area contributed by atoms with Crippen LogP contribution in [0, 0.1) is 11.8 Å². The van der Waals surface area contributed by atoms with Crippen LogP contribution in [0.3, 0.4) is 0 Å². The molecule has 0 heterocycles. The summed E-state index contributed by atoms with van der Waals surface area (Å²) in [4.78, 5) is 23.8. The lowest BCUT2D eigenvalue weighted by Gasteiger charge is -2.24. The summed E-state index contributed by atoms with van der Waals surface area (Å²) < 4.78 is 0. The van der Waals surface area contributed by atoms with Crippen LogP contribution in [0.4, 0.5) is 17.1 Å². The van der Waals surface area contributed by atoms with Gasteiger partial charge in [-0.25, -0.2) is 0 Å². The molecule has 0 radical (unpaired) electrons. The number of aliphatic carboxylic acids is 1. The monoisotopic (exact) mass is 336 g/mol. The Morgan fingerprint density at radius 1 is 0.800 bits per heavy atom. The summed E-state index contributed by atoms with van der Waals surface area (Å²) in [5.41, 5.74) is 2.55. The van der Waals surface area contributed by atoms with E-state index < -0.39 is 17.8 Å². The molecule has 0 aromatic heterocycles. The molecule has 0 fully saturated rings. The van der Waals surface area contributed by atoms with E-state index in [-0.39, 0.29) is 5.91 Å². The van der Waals surface area contributed by atoms with Crippen LogP contribution in [-0.4, -0.2) is 17.0 Å². The Hall–Kier alpha value is -3.08. The Bertz CT molecular complexity index is 769. The largest absolute Gasteiger partial charge is 0.481 e. The first-order valence-corrected chi connectivity index (χ1v) is 8.24. The van der Waals surface area contributed by atoms with Crippen LogP contribution in [0.1, 0.15) is 12.8 Å². The minimum absolute atomic E-state index is 0.250. The van der Waals surface area contributed by atoms with Crippen molar-refractivity contribution in [3.63, 3.8) is 0 Å². The fourth-order valence-corrected chi connectivity index (χ4v) is 2.94. The van der Waals surface area contributed by atoms with E-state index in [1.165, 1.54) is 0 Å². The van der Waals surface area contributed by atoms with Gasteiger partial charge in [-0.3, -0.25) is 9.59 Å². The molecule has 3 rings (SSSR count). The second kappa shape index (κ2) is 7.66. The van der Waals surface area contributed by atoms with Crippen molar-refractivity contribution in [3.8, 4) is 0 Å². The highest BCUT2D eigenvalue weighted by Gasteiger charge is 2.33. The van der Waals surface area contributed by atoms with Gasteiger partial charge in [0.2, 0.25) is 5.91 Å². The molecule has 2 atom stereocenters. The molecule has 0 saturated heterocycles. The number of anilines is 3. The van der Waals surface area contributed by atoms with Crippen molar-refractivity contribution >= 4 is 28.9 Å². The van der Waals surface area contributed by atoms with Crippen LogP contribution in [0.15, 0.2) is 66.7 Å². The van der Waals surface area contributed by atoms with E-state index in [0.29, 0.717) is 18.5 Å². The topological polar surface area (TPSA) is 78.4 Å². The van der Waals surface area contributed by atoms with E-state index >= 15 is 0 Å². The molecule has 2 aromatic rings. The summed E-state index contributed by atoms with van der Waals surface area (Å²) in [5, 5.41) is 15.4. The first-order valence-electron chi connectivity index (χ1n) is 8.24. The average Bonchev–Trinajstić information content (AvgIpc) is 2.64. The highest BCUT2D eigenvalue weighted by Crippen LogP contribution is 2.27. The lowest BCUT2D eigenvalue weighted by atomic mass is 9.82. The third kappa shape index (κ3) is 4.26. The van der Waals surface area contributed by atoms with Gasteiger partial charge in [0.05, 0.1) is 11.8 Å². The lowest BCUT2D eigenvalue weighted by Crippen LogP contribution is -2.34. The summed E-state index contributed by atoms with van der Waals surface area (Å²) >= 11 is 0. The summed E-state index contributed by atoms with van der Waals surface area (Å²) in [6, 6.07) is 17.2. The Balaban J connectivity index is 1.63. The number of carbonyl (C=O) groups is 2. The first kappa shape index (κ1) is 16.8. The number of para-hydroxylation sites is 1. The maximum Gasteiger partial charge on any atom is 0.307 e. The molecular weight excluding hydrogens is 316 g/mol. The van der Waals surface area contributed by atoms with Crippen LogP contribution in [0.25, 0.3) is 0 Å². The third-order valence-electron chi connectivity index (χ3n) is 4.30. The summed E-state index contributed by atoms with van der Waals surface area (Å²) in [6.07, 6.45) is 4.55. The molecule has 0 saturated carbocycles. The van der Waals surface area contributed by atoms with Gasteiger partial charge in [0.15, 0.2) is 0 Å². The minimum Gasteiger partial charge on any atom is -0.481 e. The van der Waals surface area contributed by atoms with Crippen LogP contribution in [-0.2, 0) is 9.59 Å². The maximum absolute atomic E-state index is 12.4. The Kier molecular flexibility index (Phi) is 5.14. The SMILES string of the molecule is O=C(O)[C@@H]1CC=CC[C@H]1C(=O)Nc1ccc(Nc2ccccc2)cc1. The number of amides is 1. The van der Waals surface area contributed by atoms with Gasteiger partial charge >= 0.3 is 5.97 Å². The van der Waals surface area contributed by atoms with E-state index in [4.69, 9.17) is 0 Å². The smallest absolute Gasteiger partial charge is 0.307 e. The second-order valence-electron chi connectivity index (χ2n) is 6.05. The van der Waals surface area contributed by atoms with Gasteiger partial charge in [0.1, 0.15) is 0 Å². The summed E-state index contributed by atoms with van der Waals surface area (Å²) in [7, 11) is 0.